The Morgan fingerprint density at radius 1 is 0.323 bits per heavy atom. The molecule has 0 aromatic rings. The number of allylic oxidation sites excluding steroid dienone is 18. The zero-order chi connectivity index (χ0) is 47.2. The van der Waals surface area contributed by atoms with E-state index in [4.69, 9.17) is 14.2 Å². The predicted octanol–water partition coefficient (Wildman–Crippen LogP) is 17.5. The maximum Gasteiger partial charge on any atom is 0.306 e. The van der Waals surface area contributed by atoms with E-state index in [-0.39, 0.29) is 37.5 Å². The van der Waals surface area contributed by atoms with Crippen LogP contribution < -0.4 is 0 Å². The third kappa shape index (κ3) is 50.9. The van der Waals surface area contributed by atoms with Gasteiger partial charge in [0, 0.05) is 19.3 Å². The Balaban J connectivity index is 4.51. The largest absolute Gasteiger partial charge is 0.462 e. The summed E-state index contributed by atoms with van der Waals surface area (Å²) < 4.78 is 16.7. The number of carbonyl (C=O) groups is 3. The van der Waals surface area contributed by atoms with Crippen LogP contribution in [0.25, 0.3) is 0 Å². The van der Waals surface area contributed by atoms with Gasteiger partial charge in [-0.2, -0.15) is 0 Å². The van der Waals surface area contributed by atoms with Crippen molar-refractivity contribution in [2.24, 2.45) is 0 Å². The molecule has 65 heavy (non-hydrogen) atoms. The van der Waals surface area contributed by atoms with Crippen LogP contribution in [0.5, 0.6) is 0 Å². The summed E-state index contributed by atoms with van der Waals surface area (Å²) >= 11 is 0. The molecule has 0 fully saturated rings. The molecule has 0 heterocycles. The number of ether oxygens (including phenoxy) is 3. The molecule has 1 atom stereocenters. The van der Waals surface area contributed by atoms with Gasteiger partial charge in [0.15, 0.2) is 6.10 Å². The second kappa shape index (κ2) is 52.7. The average Bonchev–Trinajstić information content (AvgIpc) is 3.30. The third-order valence-electron chi connectivity index (χ3n) is 10.8. The molecule has 0 aliphatic rings. The molecule has 0 unspecified atom stereocenters. The van der Waals surface area contributed by atoms with Crippen LogP contribution in [-0.4, -0.2) is 37.2 Å². The summed E-state index contributed by atoms with van der Waals surface area (Å²) in [6.45, 7) is 6.34. The zero-order valence-corrected chi connectivity index (χ0v) is 42.0. The molecule has 0 radical (unpaired) electrons. The molecular weight excluding hydrogens is 805 g/mol. The Morgan fingerprint density at radius 2 is 0.600 bits per heavy atom. The monoisotopic (exact) mass is 901 g/mol. The normalized spacial score (nSPS) is 13.0. The summed E-state index contributed by atoms with van der Waals surface area (Å²) in [5.74, 6) is -0.984. The first-order valence-corrected chi connectivity index (χ1v) is 26.4. The fraction of sp³-hybridized carbons (Fsp3) is 0.644. The lowest BCUT2D eigenvalue weighted by atomic mass is 10.0. The zero-order valence-electron chi connectivity index (χ0n) is 42.0. The summed E-state index contributed by atoms with van der Waals surface area (Å²) in [6.07, 6.45) is 70.7. The molecule has 0 N–H and O–H groups in total. The molecule has 0 saturated carbocycles. The summed E-state index contributed by atoms with van der Waals surface area (Å²) in [6, 6.07) is 0. The number of carbonyl (C=O) groups excluding carboxylic acids is 3. The van der Waals surface area contributed by atoms with Crippen LogP contribution in [0.2, 0.25) is 0 Å². The van der Waals surface area contributed by atoms with E-state index in [1.807, 2.05) is 0 Å². The lowest BCUT2D eigenvalue weighted by molar-refractivity contribution is -0.167. The molecular formula is C59H96O6. The van der Waals surface area contributed by atoms with E-state index in [9.17, 15) is 14.4 Å². The Hall–Kier alpha value is -3.93. The number of hydrogen-bond donors (Lipinski definition) is 0. The molecule has 368 valence electrons. The second-order valence-corrected chi connectivity index (χ2v) is 17.0. The maximum atomic E-state index is 12.8. The van der Waals surface area contributed by atoms with Crippen LogP contribution in [0.15, 0.2) is 109 Å². The van der Waals surface area contributed by atoms with Gasteiger partial charge in [0.25, 0.3) is 0 Å². The van der Waals surface area contributed by atoms with E-state index in [1.54, 1.807) is 0 Å². The van der Waals surface area contributed by atoms with Crippen molar-refractivity contribution >= 4 is 17.9 Å². The molecule has 6 nitrogen and oxygen atoms in total. The van der Waals surface area contributed by atoms with Gasteiger partial charge in [-0.3, -0.25) is 14.4 Å². The van der Waals surface area contributed by atoms with Gasteiger partial charge >= 0.3 is 17.9 Å². The van der Waals surface area contributed by atoms with Crippen LogP contribution in [0.1, 0.15) is 226 Å². The van der Waals surface area contributed by atoms with Gasteiger partial charge in [-0.05, 0) is 103 Å². The lowest BCUT2D eigenvalue weighted by Crippen LogP contribution is -2.30. The molecule has 0 saturated heterocycles. The van der Waals surface area contributed by atoms with Crippen molar-refractivity contribution in [1.82, 2.24) is 0 Å². The topological polar surface area (TPSA) is 78.9 Å². The molecule has 0 rings (SSSR count). The number of hydrogen-bond acceptors (Lipinski definition) is 6. The van der Waals surface area contributed by atoms with E-state index in [0.717, 1.165) is 116 Å². The maximum absolute atomic E-state index is 12.8. The van der Waals surface area contributed by atoms with Gasteiger partial charge in [0.05, 0.1) is 0 Å². The number of rotatable bonds is 46. The van der Waals surface area contributed by atoms with Crippen molar-refractivity contribution in [1.29, 1.82) is 0 Å². The van der Waals surface area contributed by atoms with Crippen LogP contribution in [-0.2, 0) is 28.6 Å². The highest BCUT2D eigenvalue weighted by atomic mass is 16.6. The minimum Gasteiger partial charge on any atom is -0.462 e. The van der Waals surface area contributed by atoms with Crippen molar-refractivity contribution in [3.8, 4) is 0 Å². The summed E-state index contributed by atoms with van der Waals surface area (Å²) in [5.41, 5.74) is 0. The highest BCUT2D eigenvalue weighted by Crippen LogP contribution is 2.14. The second-order valence-electron chi connectivity index (χ2n) is 17.0. The summed E-state index contributed by atoms with van der Waals surface area (Å²) in [4.78, 5) is 38.0. The fourth-order valence-corrected chi connectivity index (χ4v) is 6.87. The average molecular weight is 901 g/mol. The molecule has 0 aliphatic heterocycles. The Morgan fingerprint density at radius 3 is 0.969 bits per heavy atom. The lowest BCUT2D eigenvalue weighted by Gasteiger charge is -2.18. The van der Waals surface area contributed by atoms with Crippen molar-refractivity contribution in [3.63, 3.8) is 0 Å². The third-order valence-corrected chi connectivity index (χ3v) is 10.8. The Labute approximate surface area is 400 Å². The van der Waals surface area contributed by atoms with Gasteiger partial charge in [-0.25, -0.2) is 0 Å². The molecule has 0 amide bonds. The Bertz CT molecular complexity index is 1360. The number of unbranched alkanes of at least 4 members (excludes halogenated alkanes) is 17. The minimum atomic E-state index is -0.813. The molecule has 0 aromatic heterocycles. The van der Waals surface area contributed by atoms with Gasteiger partial charge < -0.3 is 14.2 Å². The highest BCUT2D eigenvalue weighted by molar-refractivity contribution is 5.71. The minimum absolute atomic E-state index is 0.106. The first-order valence-electron chi connectivity index (χ1n) is 26.4. The van der Waals surface area contributed by atoms with E-state index in [2.05, 4.69) is 130 Å². The molecule has 0 bridgehead atoms. The smallest absolute Gasteiger partial charge is 0.306 e. The SMILES string of the molecule is CC/C=C\C/C=C\C/C=C\C/C=C\C/C=C\CCCCCC(=O)OC[C@H](COC(=O)CCCCCCCCCCCCCCC)OC(=O)CCCC/C=C\C/C=C\C/C=C\C/C=C\CC. The van der Waals surface area contributed by atoms with Gasteiger partial charge in [0.2, 0.25) is 0 Å². The quantitative estimate of drug-likeness (QED) is 0.0262. The standard InChI is InChI=1S/C59H96O6/c1-4-7-10-13-16-19-22-25-27-28-29-30-32-34-37-40-43-46-49-52-58(61)64-55-56(54-63-57(60)51-48-45-42-39-36-33-24-21-18-15-12-9-6-3)65-59(62)53-50-47-44-41-38-35-31-26-23-20-17-14-11-8-5-2/h7-8,10-11,16-17,19-20,25-27,29-31,34,37-38,41,56H,4-6,9,12-15,18,21-24,28,32-33,35-36,39-40,42-55H2,1-3H3/b10-7-,11-8-,19-16-,20-17-,27-25-,30-29-,31-26-,37-34-,41-38-/t56-/m0/s1. The van der Waals surface area contributed by atoms with Crippen LogP contribution >= 0.6 is 0 Å². The van der Waals surface area contributed by atoms with Gasteiger partial charge in [0.1, 0.15) is 13.2 Å². The van der Waals surface area contributed by atoms with Crippen molar-refractivity contribution in [2.45, 2.75) is 232 Å². The van der Waals surface area contributed by atoms with E-state index in [0.29, 0.717) is 19.3 Å². The highest BCUT2D eigenvalue weighted by Gasteiger charge is 2.19. The van der Waals surface area contributed by atoms with Crippen molar-refractivity contribution < 1.29 is 28.6 Å². The van der Waals surface area contributed by atoms with Gasteiger partial charge in [-0.15, -0.1) is 0 Å². The van der Waals surface area contributed by atoms with E-state index >= 15 is 0 Å². The van der Waals surface area contributed by atoms with Crippen molar-refractivity contribution in [2.75, 3.05) is 13.2 Å². The molecule has 6 heteroatoms. The number of esters is 3. The van der Waals surface area contributed by atoms with Crippen LogP contribution in [0.4, 0.5) is 0 Å². The predicted molar refractivity (Wildman–Crippen MR) is 279 cm³/mol. The van der Waals surface area contributed by atoms with Crippen LogP contribution in [0, 0.1) is 0 Å². The van der Waals surface area contributed by atoms with Gasteiger partial charge in [-0.1, -0.05) is 214 Å². The fourth-order valence-electron chi connectivity index (χ4n) is 6.87. The first kappa shape index (κ1) is 61.1. The molecule has 0 aromatic carbocycles. The first-order chi connectivity index (χ1) is 32.0. The van der Waals surface area contributed by atoms with Crippen molar-refractivity contribution in [3.05, 3.63) is 109 Å². The molecule has 0 spiro atoms. The summed E-state index contributed by atoms with van der Waals surface area (Å²) in [5, 5.41) is 0. The van der Waals surface area contributed by atoms with E-state index in [1.165, 1.54) is 64.2 Å². The van der Waals surface area contributed by atoms with Crippen LogP contribution in [0.3, 0.4) is 0 Å². The molecule has 0 aliphatic carbocycles. The summed E-state index contributed by atoms with van der Waals surface area (Å²) in [7, 11) is 0. The van der Waals surface area contributed by atoms with E-state index < -0.39 is 6.10 Å². The Kier molecular flexibility index (Phi) is 49.5.